The van der Waals surface area contributed by atoms with Crippen molar-refractivity contribution < 1.29 is 0 Å². The van der Waals surface area contributed by atoms with E-state index in [1.807, 2.05) is 18.3 Å². The third kappa shape index (κ3) is 2.23. The lowest BCUT2D eigenvalue weighted by Gasteiger charge is -2.09. The van der Waals surface area contributed by atoms with Gasteiger partial charge in [0.15, 0.2) is 0 Å². The number of rotatable bonds is 3. The average molecular weight is 275 g/mol. The number of fused-ring (bicyclic) bond motifs is 1. The molecule has 3 rings (SSSR count). The van der Waals surface area contributed by atoms with Crippen LogP contribution in [0.15, 0.2) is 30.3 Å². The zero-order chi connectivity index (χ0) is 12.5. The van der Waals surface area contributed by atoms with E-state index in [0.717, 1.165) is 11.0 Å². The fourth-order valence-corrected chi connectivity index (χ4v) is 3.56. The molecule has 0 saturated heterocycles. The van der Waals surface area contributed by atoms with E-state index < -0.39 is 0 Å². The third-order valence-corrected chi connectivity index (χ3v) is 4.78. The van der Waals surface area contributed by atoms with Gasteiger partial charge < -0.3 is 5.32 Å². The summed E-state index contributed by atoms with van der Waals surface area (Å²) in [5.74, 6) is 0.825. The van der Waals surface area contributed by atoms with Crippen LogP contribution in [0.5, 0.6) is 0 Å². The van der Waals surface area contributed by atoms with Gasteiger partial charge in [0.05, 0.1) is 6.04 Å². The van der Waals surface area contributed by atoms with Gasteiger partial charge in [-0.2, -0.15) is 4.37 Å². The molecule has 1 N–H and O–H groups in total. The maximum absolute atomic E-state index is 4.33. The van der Waals surface area contributed by atoms with Crippen molar-refractivity contribution in [2.24, 2.45) is 0 Å². The molecule has 2 heterocycles. The van der Waals surface area contributed by atoms with E-state index in [2.05, 4.69) is 51.9 Å². The second kappa shape index (κ2) is 4.66. The molecule has 5 heteroatoms. The van der Waals surface area contributed by atoms with Gasteiger partial charge in [-0.25, -0.2) is 4.98 Å². The standard InChI is InChI=1S/C13H13N3S2/c1-8(14-13-15-9(2)16-18-13)12-7-10-5-3-4-6-11(10)17-12/h3-8H,1-2H3,(H,14,15,16). The first-order chi connectivity index (χ1) is 8.72. The van der Waals surface area contributed by atoms with Gasteiger partial charge >= 0.3 is 0 Å². The molecule has 0 aliphatic carbocycles. The van der Waals surface area contributed by atoms with Crippen LogP contribution in [0.3, 0.4) is 0 Å². The van der Waals surface area contributed by atoms with Crippen molar-refractivity contribution in [2.75, 3.05) is 5.32 Å². The van der Waals surface area contributed by atoms with E-state index in [4.69, 9.17) is 0 Å². The molecule has 0 aliphatic rings. The summed E-state index contributed by atoms with van der Waals surface area (Å²) in [6.45, 7) is 4.06. The van der Waals surface area contributed by atoms with Crippen molar-refractivity contribution in [2.45, 2.75) is 19.9 Å². The molecule has 92 valence electrons. The molecule has 1 atom stereocenters. The Morgan fingerprint density at radius 2 is 2.11 bits per heavy atom. The Morgan fingerprint density at radius 3 is 2.83 bits per heavy atom. The normalized spacial score (nSPS) is 12.8. The number of hydrogen-bond donors (Lipinski definition) is 1. The minimum absolute atomic E-state index is 0.259. The molecule has 0 spiro atoms. The van der Waals surface area contributed by atoms with Gasteiger partial charge in [-0.3, -0.25) is 0 Å². The highest BCUT2D eigenvalue weighted by Crippen LogP contribution is 2.31. The molecule has 0 radical (unpaired) electrons. The minimum atomic E-state index is 0.259. The zero-order valence-corrected chi connectivity index (χ0v) is 11.8. The number of nitrogens with zero attached hydrogens (tertiary/aromatic N) is 2. The summed E-state index contributed by atoms with van der Waals surface area (Å²) < 4.78 is 5.51. The van der Waals surface area contributed by atoms with E-state index in [1.54, 1.807) is 0 Å². The average Bonchev–Trinajstić information content (AvgIpc) is 2.95. The first kappa shape index (κ1) is 11.6. The van der Waals surface area contributed by atoms with Crippen LogP contribution in [-0.4, -0.2) is 9.36 Å². The van der Waals surface area contributed by atoms with E-state index in [1.165, 1.54) is 26.5 Å². The fourth-order valence-electron chi connectivity index (χ4n) is 1.83. The van der Waals surface area contributed by atoms with Gasteiger partial charge in [0.1, 0.15) is 5.82 Å². The number of nitrogens with one attached hydrogen (secondary N) is 1. The van der Waals surface area contributed by atoms with Crippen LogP contribution >= 0.6 is 22.9 Å². The molecule has 2 aromatic heterocycles. The van der Waals surface area contributed by atoms with Crippen molar-refractivity contribution in [3.8, 4) is 0 Å². The molecular weight excluding hydrogens is 262 g/mol. The lowest BCUT2D eigenvalue weighted by Crippen LogP contribution is -2.04. The van der Waals surface area contributed by atoms with Gasteiger partial charge in [-0.1, -0.05) is 18.2 Å². The summed E-state index contributed by atoms with van der Waals surface area (Å²) >= 11 is 3.24. The van der Waals surface area contributed by atoms with Crippen LogP contribution in [0.2, 0.25) is 0 Å². The van der Waals surface area contributed by atoms with Gasteiger partial charge in [-0.15, -0.1) is 11.3 Å². The summed E-state index contributed by atoms with van der Waals surface area (Å²) in [5, 5.41) is 5.59. The highest BCUT2D eigenvalue weighted by molar-refractivity contribution is 7.19. The number of anilines is 1. The van der Waals surface area contributed by atoms with E-state index in [0.29, 0.717) is 0 Å². The van der Waals surface area contributed by atoms with Crippen LogP contribution in [-0.2, 0) is 0 Å². The summed E-state index contributed by atoms with van der Waals surface area (Å²) in [7, 11) is 0. The predicted molar refractivity (Wildman–Crippen MR) is 78.5 cm³/mol. The van der Waals surface area contributed by atoms with Crippen LogP contribution in [0, 0.1) is 6.92 Å². The molecule has 0 aliphatic heterocycles. The second-order valence-corrected chi connectivity index (χ2v) is 6.07. The summed E-state index contributed by atoms with van der Waals surface area (Å²) in [5.41, 5.74) is 0. The van der Waals surface area contributed by atoms with Crippen molar-refractivity contribution in [3.05, 3.63) is 41.0 Å². The molecule has 1 unspecified atom stereocenters. The minimum Gasteiger partial charge on any atom is -0.353 e. The van der Waals surface area contributed by atoms with Gasteiger partial charge in [-0.05, 0) is 31.4 Å². The predicted octanol–water partition coefficient (Wildman–Crippen LogP) is 4.23. The SMILES string of the molecule is Cc1nsc(NC(C)c2cc3ccccc3s2)n1. The number of benzene rings is 1. The monoisotopic (exact) mass is 275 g/mol. The smallest absolute Gasteiger partial charge is 0.203 e. The molecule has 0 amide bonds. The number of aryl methyl sites for hydroxylation is 1. The maximum Gasteiger partial charge on any atom is 0.203 e. The van der Waals surface area contributed by atoms with Crippen LogP contribution in [0.25, 0.3) is 10.1 Å². The van der Waals surface area contributed by atoms with E-state index in [-0.39, 0.29) is 6.04 Å². The lowest BCUT2D eigenvalue weighted by molar-refractivity contribution is 0.903. The number of thiophene rings is 1. The molecule has 3 aromatic rings. The zero-order valence-electron chi connectivity index (χ0n) is 10.2. The van der Waals surface area contributed by atoms with Crippen LogP contribution in [0.1, 0.15) is 23.7 Å². The van der Waals surface area contributed by atoms with Crippen molar-refractivity contribution in [1.82, 2.24) is 9.36 Å². The highest BCUT2D eigenvalue weighted by Gasteiger charge is 2.11. The quantitative estimate of drug-likeness (QED) is 0.777. The lowest BCUT2D eigenvalue weighted by atomic mass is 10.2. The molecule has 3 nitrogen and oxygen atoms in total. The van der Waals surface area contributed by atoms with Crippen molar-refractivity contribution >= 4 is 38.1 Å². The second-order valence-electron chi connectivity index (χ2n) is 4.20. The van der Waals surface area contributed by atoms with Gasteiger partial charge in [0.2, 0.25) is 5.13 Å². The largest absolute Gasteiger partial charge is 0.353 e. The summed E-state index contributed by atoms with van der Waals surface area (Å²) in [6.07, 6.45) is 0. The maximum atomic E-state index is 4.33. The first-order valence-corrected chi connectivity index (χ1v) is 7.37. The topological polar surface area (TPSA) is 37.8 Å². The Balaban J connectivity index is 1.85. The van der Waals surface area contributed by atoms with Crippen LogP contribution < -0.4 is 5.32 Å². The van der Waals surface area contributed by atoms with Crippen molar-refractivity contribution in [1.29, 1.82) is 0 Å². The van der Waals surface area contributed by atoms with E-state index >= 15 is 0 Å². The van der Waals surface area contributed by atoms with E-state index in [9.17, 15) is 0 Å². The Hall–Kier alpha value is -1.46. The fraction of sp³-hybridized carbons (Fsp3) is 0.231. The molecule has 0 saturated carbocycles. The first-order valence-electron chi connectivity index (χ1n) is 5.78. The Labute approximate surface area is 114 Å². The molecule has 18 heavy (non-hydrogen) atoms. The van der Waals surface area contributed by atoms with Gasteiger partial charge in [0, 0.05) is 21.1 Å². The summed E-state index contributed by atoms with van der Waals surface area (Å²) in [4.78, 5) is 5.65. The molecular formula is C13H13N3S2. The molecule has 0 fully saturated rings. The third-order valence-electron chi connectivity index (χ3n) is 2.74. The summed E-state index contributed by atoms with van der Waals surface area (Å²) in [6, 6.07) is 11.0. The molecule has 1 aromatic carbocycles. The molecule has 0 bridgehead atoms. The van der Waals surface area contributed by atoms with Gasteiger partial charge in [0.25, 0.3) is 0 Å². The highest BCUT2D eigenvalue weighted by atomic mass is 32.1. The number of aromatic nitrogens is 2. The Bertz CT molecular complexity index is 638. The Kier molecular flexibility index (Phi) is 3.01. The van der Waals surface area contributed by atoms with Crippen molar-refractivity contribution in [3.63, 3.8) is 0 Å². The Morgan fingerprint density at radius 1 is 1.28 bits per heavy atom. The number of hydrogen-bond acceptors (Lipinski definition) is 5. The van der Waals surface area contributed by atoms with Crippen LogP contribution in [0.4, 0.5) is 5.13 Å².